The van der Waals surface area contributed by atoms with E-state index < -0.39 is 0 Å². The fraction of sp³-hybridized carbons (Fsp3) is 0.294. The molecule has 104 valence electrons. The lowest BCUT2D eigenvalue weighted by molar-refractivity contribution is 0.245. The second-order valence-electron chi connectivity index (χ2n) is 5.30. The van der Waals surface area contributed by atoms with Gasteiger partial charge in [-0.1, -0.05) is 24.3 Å². The third-order valence-electron chi connectivity index (χ3n) is 3.92. The summed E-state index contributed by atoms with van der Waals surface area (Å²) >= 11 is 0. The summed E-state index contributed by atoms with van der Waals surface area (Å²) in [5.41, 5.74) is 11.0. The molecule has 3 rings (SSSR count). The predicted octanol–water partition coefficient (Wildman–Crippen LogP) is 2.84. The topological polar surface area (TPSA) is 38.5 Å². The third kappa shape index (κ3) is 2.63. The summed E-state index contributed by atoms with van der Waals surface area (Å²) in [6.45, 7) is 2.97. The average Bonchev–Trinajstić information content (AvgIpc) is 2.47. The zero-order chi connectivity index (χ0) is 13.9. The Bertz CT molecular complexity index is 610. The molecule has 0 amide bonds. The average molecular weight is 268 g/mol. The van der Waals surface area contributed by atoms with Crippen LogP contribution in [0, 0.1) is 0 Å². The summed E-state index contributed by atoms with van der Waals surface area (Å²) < 4.78 is 5.28. The Balaban J connectivity index is 1.74. The monoisotopic (exact) mass is 268 g/mol. The molecule has 2 N–H and O–H groups in total. The predicted molar refractivity (Wildman–Crippen MR) is 81.7 cm³/mol. The quantitative estimate of drug-likeness (QED) is 0.870. The molecular weight excluding hydrogens is 248 g/mol. The van der Waals surface area contributed by atoms with Gasteiger partial charge in [0.2, 0.25) is 0 Å². The first kappa shape index (κ1) is 13.0. The van der Waals surface area contributed by atoms with Crippen LogP contribution < -0.4 is 10.5 Å². The first-order valence-electron chi connectivity index (χ1n) is 6.98. The van der Waals surface area contributed by atoms with Crippen molar-refractivity contribution in [3.8, 4) is 5.75 Å². The van der Waals surface area contributed by atoms with Gasteiger partial charge in [0.15, 0.2) is 0 Å². The van der Waals surface area contributed by atoms with E-state index in [4.69, 9.17) is 10.5 Å². The highest BCUT2D eigenvalue weighted by Crippen LogP contribution is 2.25. The van der Waals surface area contributed by atoms with E-state index in [0.29, 0.717) is 0 Å². The van der Waals surface area contributed by atoms with Crippen molar-refractivity contribution >= 4 is 5.69 Å². The van der Waals surface area contributed by atoms with Gasteiger partial charge >= 0.3 is 0 Å². The molecule has 0 aromatic heterocycles. The molecule has 0 unspecified atom stereocenters. The largest absolute Gasteiger partial charge is 0.497 e. The van der Waals surface area contributed by atoms with Crippen molar-refractivity contribution in [2.45, 2.75) is 19.5 Å². The number of anilines is 1. The first-order chi connectivity index (χ1) is 9.76. The maximum Gasteiger partial charge on any atom is 0.119 e. The van der Waals surface area contributed by atoms with Gasteiger partial charge < -0.3 is 10.5 Å². The van der Waals surface area contributed by atoms with Crippen LogP contribution in [0.15, 0.2) is 42.5 Å². The van der Waals surface area contributed by atoms with E-state index in [1.54, 1.807) is 7.11 Å². The molecule has 0 saturated carbocycles. The van der Waals surface area contributed by atoms with Crippen LogP contribution in [0.1, 0.15) is 16.7 Å². The van der Waals surface area contributed by atoms with E-state index in [1.807, 2.05) is 24.3 Å². The number of nitrogen functional groups attached to an aromatic ring is 1. The van der Waals surface area contributed by atoms with Gasteiger partial charge in [-0.25, -0.2) is 0 Å². The Kier molecular flexibility index (Phi) is 3.61. The molecule has 20 heavy (non-hydrogen) atoms. The molecule has 0 bridgehead atoms. The minimum absolute atomic E-state index is 0.921. The summed E-state index contributed by atoms with van der Waals surface area (Å²) in [6, 6.07) is 14.5. The number of methoxy groups -OCH3 is 1. The van der Waals surface area contributed by atoms with Gasteiger partial charge in [0.05, 0.1) is 7.11 Å². The zero-order valence-corrected chi connectivity index (χ0v) is 11.8. The van der Waals surface area contributed by atoms with Gasteiger partial charge in [-0.2, -0.15) is 0 Å². The number of fused-ring (bicyclic) bond motifs is 1. The molecule has 2 aromatic rings. The fourth-order valence-electron chi connectivity index (χ4n) is 2.86. The van der Waals surface area contributed by atoms with E-state index >= 15 is 0 Å². The molecule has 2 aromatic carbocycles. The smallest absolute Gasteiger partial charge is 0.119 e. The summed E-state index contributed by atoms with van der Waals surface area (Å²) in [5.74, 6) is 0.921. The number of nitrogens with zero attached hydrogens (tertiary/aromatic N) is 1. The van der Waals surface area contributed by atoms with Crippen LogP contribution >= 0.6 is 0 Å². The Morgan fingerprint density at radius 1 is 1.20 bits per heavy atom. The third-order valence-corrected chi connectivity index (χ3v) is 3.92. The van der Waals surface area contributed by atoms with Crippen molar-refractivity contribution in [2.75, 3.05) is 19.4 Å². The number of ether oxygens (including phenoxy) is 1. The van der Waals surface area contributed by atoms with E-state index in [0.717, 1.165) is 37.5 Å². The highest BCUT2D eigenvalue weighted by atomic mass is 16.5. The normalized spacial score (nSPS) is 14.8. The van der Waals surface area contributed by atoms with Gasteiger partial charge in [-0.15, -0.1) is 0 Å². The number of hydrogen-bond acceptors (Lipinski definition) is 3. The van der Waals surface area contributed by atoms with Crippen LogP contribution in [-0.4, -0.2) is 18.6 Å². The van der Waals surface area contributed by atoms with Crippen LogP contribution in [0.3, 0.4) is 0 Å². The lowest BCUT2D eigenvalue weighted by atomic mass is 9.97. The summed E-state index contributed by atoms with van der Waals surface area (Å²) in [6.07, 6.45) is 1.03. The van der Waals surface area contributed by atoms with Crippen molar-refractivity contribution in [3.05, 3.63) is 59.2 Å². The highest BCUT2D eigenvalue weighted by Gasteiger charge is 2.17. The molecule has 3 heteroatoms. The van der Waals surface area contributed by atoms with Crippen LogP contribution in [0.5, 0.6) is 5.75 Å². The van der Waals surface area contributed by atoms with Crippen molar-refractivity contribution in [3.63, 3.8) is 0 Å². The number of benzene rings is 2. The molecule has 3 nitrogen and oxygen atoms in total. The first-order valence-corrected chi connectivity index (χ1v) is 6.98. The van der Waals surface area contributed by atoms with Gasteiger partial charge in [0.25, 0.3) is 0 Å². The van der Waals surface area contributed by atoms with Gasteiger partial charge in [0, 0.05) is 25.3 Å². The lowest BCUT2D eigenvalue weighted by Gasteiger charge is -2.29. The van der Waals surface area contributed by atoms with Crippen LogP contribution in [0.4, 0.5) is 5.69 Å². The SMILES string of the molecule is COc1cccc(CN2CCc3c(N)cccc3C2)c1. The summed E-state index contributed by atoms with van der Waals surface area (Å²) in [7, 11) is 1.71. The van der Waals surface area contributed by atoms with Gasteiger partial charge in [-0.3, -0.25) is 4.90 Å². The molecule has 0 saturated heterocycles. The number of hydrogen-bond donors (Lipinski definition) is 1. The highest BCUT2D eigenvalue weighted by molar-refractivity contribution is 5.51. The van der Waals surface area contributed by atoms with Crippen LogP contribution in [0.25, 0.3) is 0 Å². The standard InChI is InChI=1S/C17H20N2O/c1-20-15-6-2-4-13(10-15)11-19-9-8-16-14(12-19)5-3-7-17(16)18/h2-7,10H,8-9,11-12,18H2,1H3. The van der Waals surface area contributed by atoms with E-state index in [-0.39, 0.29) is 0 Å². The zero-order valence-electron chi connectivity index (χ0n) is 11.8. The Morgan fingerprint density at radius 3 is 2.90 bits per heavy atom. The van der Waals surface area contributed by atoms with E-state index in [9.17, 15) is 0 Å². The number of nitrogens with two attached hydrogens (primary N) is 1. The molecule has 1 aliphatic heterocycles. The van der Waals surface area contributed by atoms with Crippen molar-refractivity contribution in [1.29, 1.82) is 0 Å². The Labute approximate surface area is 120 Å². The fourth-order valence-corrected chi connectivity index (χ4v) is 2.86. The molecular formula is C17H20N2O. The molecule has 0 fully saturated rings. The Hall–Kier alpha value is -2.00. The summed E-state index contributed by atoms with van der Waals surface area (Å²) in [5, 5.41) is 0. The minimum Gasteiger partial charge on any atom is -0.497 e. The van der Waals surface area contributed by atoms with Gasteiger partial charge in [-0.05, 0) is 41.3 Å². The molecule has 1 aliphatic rings. The number of rotatable bonds is 3. The Morgan fingerprint density at radius 2 is 2.05 bits per heavy atom. The lowest BCUT2D eigenvalue weighted by Crippen LogP contribution is -2.30. The van der Waals surface area contributed by atoms with E-state index in [1.165, 1.54) is 16.7 Å². The van der Waals surface area contributed by atoms with Crippen molar-refractivity contribution < 1.29 is 4.74 Å². The molecule has 1 heterocycles. The summed E-state index contributed by atoms with van der Waals surface area (Å²) in [4.78, 5) is 2.45. The molecule has 0 atom stereocenters. The maximum absolute atomic E-state index is 6.04. The van der Waals surface area contributed by atoms with E-state index in [2.05, 4.69) is 23.1 Å². The molecule has 0 spiro atoms. The maximum atomic E-state index is 6.04. The van der Waals surface area contributed by atoms with Crippen molar-refractivity contribution in [2.24, 2.45) is 0 Å². The molecule has 0 aliphatic carbocycles. The second-order valence-corrected chi connectivity index (χ2v) is 5.30. The van der Waals surface area contributed by atoms with Gasteiger partial charge in [0.1, 0.15) is 5.75 Å². The minimum atomic E-state index is 0.921. The van der Waals surface area contributed by atoms with Crippen LogP contribution in [-0.2, 0) is 19.5 Å². The second kappa shape index (κ2) is 5.55. The van der Waals surface area contributed by atoms with Crippen molar-refractivity contribution in [1.82, 2.24) is 4.90 Å². The van der Waals surface area contributed by atoms with Crippen LogP contribution in [0.2, 0.25) is 0 Å². The molecule has 0 radical (unpaired) electrons.